The molecule has 2 aromatic rings. The maximum atomic E-state index is 12.4. The van der Waals surface area contributed by atoms with E-state index >= 15 is 0 Å². The van der Waals surface area contributed by atoms with Crippen LogP contribution in [0.2, 0.25) is 0 Å². The minimum Gasteiger partial charge on any atom is -0.497 e. The average molecular weight is 339 g/mol. The van der Waals surface area contributed by atoms with Crippen molar-refractivity contribution < 1.29 is 14.3 Å². The molecule has 1 aliphatic heterocycles. The summed E-state index contributed by atoms with van der Waals surface area (Å²) in [6, 6.07) is 14.3. The second-order valence-electron chi connectivity index (χ2n) is 6.03. The van der Waals surface area contributed by atoms with E-state index < -0.39 is 0 Å². The molecule has 1 heterocycles. The molecule has 3 N–H and O–H groups in total. The molecular formula is C19H21N3O3. The van der Waals surface area contributed by atoms with Crippen molar-refractivity contribution in [3.8, 4) is 5.75 Å². The molecule has 0 aromatic heterocycles. The fourth-order valence-electron chi connectivity index (χ4n) is 2.82. The number of methoxy groups -OCH3 is 1. The summed E-state index contributed by atoms with van der Waals surface area (Å²) in [5.74, 6) is 0.673. The first-order valence-electron chi connectivity index (χ1n) is 8.13. The molecule has 0 radical (unpaired) electrons. The first kappa shape index (κ1) is 17.1. The monoisotopic (exact) mass is 339 g/mol. The SMILES string of the molecule is COc1cccc(C2CC(C(=O)Nc3ccc(C(C)=O)cc3)NN2)c1. The van der Waals surface area contributed by atoms with Gasteiger partial charge in [0.2, 0.25) is 5.91 Å². The second kappa shape index (κ2) is 7.46. The van der Waals surface area contributed by atoms with Gasteiger partial charge in [-0.15, -0.1) is 0 Å². The van der Waals surface area contributed by atoms with E-state index in [1.807, 2.05) is 24.3 Å². The van der Waals surface area contributed by atoms with Gasteiger partial charge in [0, 0.05) is 17.3 Å². The molecule has 1 amide bonds. The third kappa shape index (κ3) is 4.04. The summed E-state index contributed by atoms with van der Waals surface area (Å²) in [6.45, 7) is 1.51. The van der Waals surface area contributed by atoms with Gasteiger partial charge in [-0.3, -0.25) is 9.59 Å². The van der Waals surface area contributed by atoms with E-state index in [1.165, 1.54) is 6.92 Å². The van der Waals surface area contributed by atoms with Gasteiger partial charge in [-0.05, 0) is 55.3 Å². The topological polar surface area (TPSA) is 79.5 Å². The molecule has 2 unspecified atom stereocenters. The predicted molar refractivity (Wildman–Crippen MR) is 95.5 cm³/mol. The lowest BCUT2D eigenvalue weighted by Crippen LogP contribution is -2.39. The van der Waals surface area contributed by atoms with Gasteiger partial charge in [-0.2, -0.15) is 0 Å². The van der Waals surface area contributed by atoms with Crippen LogP contribution in [0.3, 0.4) is 0 Å². The fourth-order valence-corrected chi connectivity index (χ4v) is 2.82. The van der Waals surface area contributed by atoms with Crippen molar-refractivity contribution in [1.82, 2.24) is 10.9 Å². The largest absolute Gasteiger partial charge is 0.497 e. The molecule has 3 rings (SSSR count). The molecule has 2 aromatic carbocycles. The molecule has 6 nitrogen and oxygen atoms in total. The highest BCUT2D eigenvalue weighted by Crippen LogP contribution is 2.25. The number of hydrogen-bond acceptors (Lipinski definition) is 5. The average Bonchev–Trinajstić information content (AvgIpc) is 3.12. The predicted octanol–water partition coefficient (Wildman–Crippen LogP) is 2.44. The summed E-state index contributed by atoms with van der Waals surface area (Å²) < 4.78 is 5.24. The van der Waals surface area contributed by atoms with Crippen LogP contribution in [0.4, 0.5) is 5.69 Å². The number of carbonyl (C=O) groups is 2. The highest BCUT2D eigenvalue weighted by Gasteiger charge is 2.30. The zero-order chi connectivity index (χ0) is 17.8. The van der Waals surface area contributed by atoms with Crippen LogP contribution in [0, 0.1) is 0 Å². The van der Waals surface area contributed by atoms with Crippen LogP contribution in [0.1, 0.15) is 35.3 Å². The van der Waals surface area contributed by atoms with Gasteiger partial charge in [-0.25, -0.2) is 10.9 Å². The molecule has 130 valence electrons. The van der Waals surface area contributed by atoms with E-state index in [0.29, 0.717) is 17.7 Å². The van der Waals surface area contributed by atoms with Gasteiger partial charge in [-0.1, -0.05) is 12.1 Å². The van der Waals surface area contributed by atoms with Gasteiger partial charge in [0.15, 0.2) is 5.78 Å². The number of nitrogens with one attached hydrogen (secondary N) is 3. The van der Waals surface area contributed by atoms with Crippen LogP contribution in [0.25, 0.3) is 0 Å². The second-order valence-corrected chi connectivity index (χ2v) is 6.03. The number of hydrazine groups is 1. The summed E-state index contributed by atoms with van der Waals surface area (Å²) in [4.78, 5) is 23.7. The van der Waals surface area contributed by atoms with Crippen molar-refractivity contribution in [2.24, 2.45) is 0 Å². The summed E-state index contributed by atoms with van der Waals surface area (Å²) in [5.41, 5.74) is 8.54. The van der Waals surface area contributed by atoms with Crippen molar-refractivity contribution in [2.45, 2.75) is 25.4 Å². The molecule has 6 heteroatoms. The zero-order valence-electron chi connectivity index (χ0n) is 14.2. The first-order valence-corrected chi connectivity index (χ1v) is 8.13. The van der Waals surface area contributed by atoms with E-state index in [2.05, 4.69) is 16.2 Å². The van der Waals surface area contributed by atoms with Crippen LogP contribution in [-0.2, 0) is 4.79 Å². The van der Waals surface area contributed by atoms with E-state index in [9.17, 15) is 9.59 Å². The summed E-state index contributed by atoms with van der Waals surface area (Å²) >= 11 is 0. The van der Waals surface area contributed by atoms with Crippen molar-refractivity contribution >= 4 is 17.4 Å². The maximum absolute atomic E-state index is 12.4. The number of ether oxygens (including phenoxy) is 1. The third-order valence-corrected chi connectivity index (χ3v) is 4.27. The van der Waals surface area contributed by atoms with Gasteiger partial charge in [0.05, 0.1) is 7.11 Å². The van der Waals surface area contributed by atoms with Crippen LogP contribution >= 0.6 is 0 Å². The Morgan fingerprint density at radius 1 is 1.12 bits per heavy atom. The summed E-state index contributed by atoms with van der Waals surface area (Å²) in [6.07, 6.45) is 0.629. The van der Waals surface area contributed by atoms with Crippen LogP contribution in [-0.4, -0.2) is 24.8 Å². The summed E-state index contributed by atoms with van der Waals surface area (Å²) in [7, 11) is 1.63. The maximum Gasteiger partial charge on any atom is 0.242 e. The molecule has 2 atom stereocenters. The lowest BCUT2D eigenvalue weighted by Gasteiger charge is -2.11. The lowest BCUT2D eigenvalue weighted by molar-refractivity contribution is -0.117. The number of amides is 1. The normalized spacial score (nSPS) is 19.4. The van der Waals surface area contributed by atoms with Crippen LogP contribution < -0.4 is 20.9 Å². The van der Waals surface area contributed by atoms with E-state index in [4.69, 9.17) is 4.74 Å². The van der Waals surface area contributed by atoms with Gasteiger partial charge in [0.1, 0.15) is 11.8 Å². The van der Waals surface area contributed by atoms with Crippen molar-refractivity contribution in [1.29, 1.82) is 0 Å². The minimum atomic E-state index is -0.344. The minimum absolute atomic E-state index is 0.000618. The number of carbonyl (C=O) groups excluding carboxylic acids is 2. The van der Waals surface area contributed by atoms with Gasteiger partial charge in [0.25, 0.3) is 0 Å². The van der Waals surface area contributed by atoms with Crippen LogP contribution in [0.15, 0.2) is 48.5 Å². The molecule has 1 aliphatic rings. The Hall–Kier alpha value is -2.70. The molecule has 1 saturated heterocycles. The Labute approximate surface area is 146 Å². The van der Waals surface area contributed by atoms with Gasteiger partial charge >= 0.3 is 0 Å². The fraction of sp³-hybridized carbons (Fsp3) is 0.263. The van der Waals surface area contributed by atoms with Crippen LogP contribution in [0.5, 0.6) is 5.75 Å². The summed E-state index contributed by atoms with van der Waals surface area (Å²) in [5, 5.41) is 2.87. The third-order valence-electron chi connectivity index (χ3n) is 4.27. The lowest BCUT2D eigenvalue weighted by atomic mass is 10.0. The van der Waals surface area contributed by atoms with Crippen molar-refractivity contribution in [3.63, 3.8) is 0 Å². The number of anilines is 1. The number of benzene rings is 2. The van der Waals surface area contributed by atoms with E-state index in [1.54, 1.807) is 31.4 Å². The quantitative estimate of drug-likeness (QED) is 0.729. The number of rotatable bonds is 5. The zero-order valence-corrected chi connectivity index (χ0v) is 14.2. The number of hydrogen-bond donors (Lipinski definition) is 3. The Morgan fingerprint density at radius 3 is 2.56 bits per heavy atom. The Morgan fingerprint density at radius 2 is 1.88 bits per heavy atom. The Kier molecular flexibility index (Phi) is 5.11. The molecule has 1 fully saturated rings. The van der Waals surface area contributed by atoms with Crippen molar-refractivity contribution in [2.75, 3.05) is 12.4 Å². The Balaban J connectivity index is 1.61. The van der Waals surface area contributed by atoms with Crippen molar-refractivity contribution in [3.05, 3.63) is 59.7 Å². The number of Topliss-reactive ketones (excluding diaryl/α,β-unsaturated/α-hetero) is 1. The first-order chi connectivity index (χ1) is 12.1. The van der Waals surface area contributed by atoms with Gasteiger partial charge < -0.3 is 10.1 Å². The van der Waals surface area contributed by atoms with E-state index in [0.717, 1.165) is 11.3 Å². The smallest absolute Gasteiger partial charge is 0.242 e. The molecule has 0 bridgehead atoms. The highest BCUT2D eigenvalue weighted by molar-refractivity contribution is 5.97. The highest BCUT2D eigenvalue weighted by atomic mass is 16.5. The standard InChI is InChI=1S/C19H21N3O3/c1-12(23)13-6-8-15(9-7-13)20-19(24)18-11-17(21-22-18)14-4-3-5-16(10-14)25-2/h3-10,17-18,21-22H,11H2,1-2H3,(H,20,24). The molecule has 0 aliphatic carbocycles. The Bertz CT molecular complexity index is 774. The van der Waals surface area contributed by atoms with E-state index in [-0.39, 0.29) is 23.8 Å². The number of ketones is 1. The molecule has 0 saturated carbocycles. The molecule has 25 heavy (non-hydrogen) atoms. The molecule has 0 spiro atoms. The molecular weight excluding hydrogens is 318 g/mol.